The molecule has 0 atom stereocenters. The van der Waals surface area contributed by atoms with E-state index in [2.05, 4.69) is 15.9 Å². The lowest BCUT2D eigenvalue weighted by Crippen LogP contribution is -2.08. The molecule has 2 rings (SSSR count). The molecule has 19 heavy (non-hydrogen) atoms. The summed E-state index contributed by atoms with van der Waals surface area (Å²) in [6.07, 6.45) is 0.465. The van der Waals surface area contributed by atoms with Crippen molar-refractivity contribution in [3.63, 3.8) is 0 Å². The van der Waals surface area contributed by atoms with Crippen LogP contribution in [0.25, 0.3) is 0 Å². The van der Waals surface area contributed by atoms with Crippen molar-refractivity contribution in [1.29, 1.82) is 0 Å². The van der Waals surface area contributed by atoms with E-state index in [0.29, 0.717) is 12.0 Å². The predicted molar refractivity (Wildman–Crippen MR) is 77.7 cm³/mol. The molecule has 98 valence electrons. The Kier molecular flexibility index (Phi) is 4.48. The summed E-state index contributed by atoms with van der Waals surface area (Å²) in [6, 6.07) is 12.5. The minimum absolute atomic E-state index is 0.0163. The van der Waals surface area contributed by atoms with E-state index >= 15 is 0 Å². The second-order valence-corrected chi connectivity index (χ2v) is 5.53. The summed E-state index contributed by atoms with van der Waals surface area (Å²) >= 11 is 3.28. The third-order valence-electron chi connectivity index (χ3n) is 2.88. The van der Waals surface area contributed by atoms with Crippen LogP contribution in [0.3, 0.4) is 0 Å². The Morgan fingerprint density at radius 1 is 1.16 bits per heavy atom. The highest BCUT2D eigenvalue weighted by atomic mass is 79.9. The lowest BCUT2D eigenvalue weighted by atomic mass is 10.0. The van der Waals surface area contributed by atoms with Gasteiger partial charge in [-0.25, -0.2) is 4.39 Å². The molecular weight excluding hydrogens is 307 g/mol. The Labute approximate surface area is 120 Å². The molecule has 3 heteroatoms. The van der Waals surface area contributed by atoms with Crippen molar-refractivity contribution in [3.05, 3.63) is 69.4 Å². The summed E-state index contributed by atoms with van der Waals surface area (Å²) in [5, 5.41) is 0. The van der Waals surface area contributed by atoms with Gasteiger partial charge in [-0.1, -0.05) is 45.8 Å². The molecular formula is C16H14BrFO. The van der Waals surface area contributed by atoms with Crippen molar-refractivity contribution in [2.24, 2.45) is 0 Å². The fraction of sp³-hybridized carbons (Fsp3) is 0.188. The lowest BCUT2D eigenvalue weighted by Gasteiger charge is -2.05. The van der Waals surface area contributed by atoms with Crippen molar-refractivity contribution in [2.45, 2.75) is 19.8 Å². The summed E-state index contributed by atoms with van der Waals surface area (Å²) in [4.78, 5) is 12.0. The first kappa shape index (κ1) is 13.9. The van der Waals surface area contributed by atoms with E-state index < -0.39 is 0 Å². The number of benzene rings is 2. The molecule has 0 N–H and O–H groups in total. The van der Waals surface area contributed by atoms with Crippen molar-refractivity contribution in [3.8, 4) is 0 Å². The highest BCUT2D eigenvalue weighted by Crippen LogP contribution is 2.17. The molecule has 0 aromatic heterocycles. The maximum absolute atomic E-state index is 13.6. The number of halogens is 2. The molecule has 0 aliphatic carbocycles. The van der Waals surface area contributed by atoms with Crippen molar-refractivity contribution in [2.75, 3.05) is 0 Å². The zero-order valence-corrected chi connectivity index (χ0v) is 12.2. The highest BCUT2D eigenvalue weighted by Gasteiger charge is 2.09. The Bertz CT molecular complexity index is 607. The van der Waals surface area contributed by atoms with Crippen molar-refractivity contribution >= 4 is 21.7 Å². The van der Waals surface area contributed by atoms with Gasteiger partial charge in [-0.15, -0.1) is 0 Å². The number of carbonyl (C=O) groups is 1. The molecule has 0 radical (unpaired) electrons. The molecule has 0 aliphatic rings. The Morgan fingerprint density at radius 3 is 2.68 bits per heavy atom. The van der Waals surface area contributed by atoms with Crippen LogP contribution in [-0.4, -0.2) is 5.78 Å². The van der Waals surface area contributed by atoms with Crippen LogP contribution in [0.4, 0.5) is 4.39 Å². The normalized spacial score (nSPS) is 10.5. The molecule has 0 spiro atoms. The smallest absolute Gasteiger partial charge is 0.141 e. The van der Waals surface area contributed by atoms with E-state index in [1.807, 2.05) is 31.2 Å². The molecule has 0 bridgehead atoms. The van der Waals surface area contributed by atoms with Gasteiger partial charge in [0, 0.05) is 17.3 Å². The number of aryl methyl sites for hydroxylation is 1. The van der Waals surface area contributed by atoms with E-state index in [1.165, 1.54) is 6.07 Å². The minimum atomic E-state index is -0.333. The largest absolute Gasteiger partial charge is 0.299 e. The maximum atomic E-state index is 13.6. The van der Waals surface area contributed by atoms with Crippen LogP contribution in [0.2, 0.25) is 0 Å². The first-order chi connectivity index (χ1) is 9.04. The van der Waals surface area contributed by atoms with Crippen molar-refractivity contribution < 1.29 is 9.18 Å². The number of Topliss-reactive ketones (excluding diaryl/α,β-unsaturated/α-hetero) is 1. The summed E-state index contributed by atoms with van der Waals surface area (Å²) in [6.45, 7) is 1.99. The minimum Gasteiger partial charge on any atom is -0.299 e. The molecule has 0 saturated carbocycles. The highest BCUT2D eigenvalue weighted by molar-refractivity contribution is 9.10. The second kappa shape index (κ2) is 6.11. The monoisotopic (exact) mass is 320 g/mol. The van der Waals surface area contributed by atoms with Crippen LogP contribution in [0.15, 0.2) is 46.9 Å². The van der Waals surface area contributed by atoms with Crippen LogP contribution in [0.1, 0.15) is 16.7 Å². The van der Waals surface area contributed by atoms with Gasteiger partial charge >= 0.3 is 0 Å². The molecule has 0 fully saturated rings. The first-order valence-corrected chi connectivity index (χ1v) is 6.85. The standard InChI is InChI=1S/C16H14BrFO/c1-11-3-2-4-12(7-11)8-15(19)10-13-9-14(17)5-6-16(13)18/h2-7,9H,8,10H2,1H3. The average molecular weight is 321 g/mol. The zero-order valence-electron chi connectivity index (χ0n) is 10.6. The topological polar surface area (TPSA) is 17.1 Å². The van der Waals surface area contributed by atoms with Gasteiger partial charge in [0.2, 0.25) is 0 Å². The van der Waals surface area contributed by atoms with E-state index in [1.54, 1.807) is 12.1 Å². The third kappa shape index (κ3) is 4.00. The number of hydrogen-bond donors (Lipinski definition) is 0. The van der Waals surface area contributed by atoms with Crippen molar-refractivity contribution in [1.82, 2.24) is 0 Å². The quantitative estimate of drug-likeness (QED) is 0.823. The molecule has 0 heterocycles. The summed E-state index contributed by atoms with van der Waals surface area (Å²) in [7, 11) is 0. The number of hydrogen-bond acceptors (Lipinski definition) is 1. The molecule has 1 nitrogen and oxygen atoms in total. The van der Waals surface area contributed by atoms with E-state index in [-0.39, 0.29) is 18.0 Å². The summed E-state index contributed by atoms with van der Waals surface area (Å²) < 4.78 is 14.3. The molecule has 2 aromatic rings. The van der Waals surface area contributed by atoms with Gasteiger partial charge in [0.15, 0.2) is 0 Å². The number of ketones is 1. The molecule has 2 aromatic carbocycles. The van der Waals surface area contributed by atoms with Gasteiger partial charge in [-0.2, -0.15) is 0 Å². The predicted octanol–water partition coefficient (Wildman–Crippen LogP) is 4.25. The van der Waals surface area contributed by atoms with Crippen LogP contribution >= 0.6 is 15.9 Å². The molecule has 0 amide bonds. The summed E-state index contributed by atoms with van der Waals surface area (Å²) in [5.41, 5.74) is 2.53. The average Bonchev–Trinajstić information content (AvgIpc) is 2.34. The van der Waals surface area contributed by atoms with Crippen LogP contribution in [0, 0.1) is 12.7 Å². The van der Waals surface area contributed by atoms with Crippen LogP contribution in [-0.2, 0) is 17.6 Å². The first-order valence-electron chi connectivity index (χ1n) is 6.06. The Balaban J connectivity index is 2.07. The fourth-order valence-corrected chi connectivity index (χ4v) is 2.41. The molecule has 0 saturated heterocycles. The Hall–Kier alpha value is -1.48. The molecule has 0 unspecified atom stereocenters. The van der Waals surface area contributed by atoms with Gasteiger partial charge in [0.1, 0.15) is 11.6 Å². The van der Waals surface area contributed by atoms with Gasteiger partial charge in [-0.3, -0.25) is 4.79 Å². The van der Waals surface area contributed by atoms with E-state index in [4.69, 9.17) is 0 Å². The number of carbonyl (C=O) groups excluding carboxylic acids is 1. The van der Waals surface area contributed by atoms with E-state index in [0.717, 1.165) is 15.6 Å². The van der Waals surface area contributed by atoms with Gasteiger partial charge in [0.25, 0.3) is 0 Å². The Morgan fingerprint density at radius 2 is 1.95 bits per heavy atom. The number of rotatable bonds is 4. The molecule has 0 aliphatic heterocycles. The SMILES string of the molecule is Cc1cccc(CC(=O)Cc2cc(Br)ccc2F)c1. The fourth-order valence-electron chi connectivity index (χ4n) is 2.00. The zero-order chi connectivity index (χ0) is 13.8. The van der Waals surface area contributed by atoms with Gasteiger partial charge in [-0.05, 0) is 36.2 Å². The van der Waals surface area contributed by atoms with Crippen LogP contribution < -0.4 is 0 Å². The lowest BCUT2D eigenvalue weighted by molar-refractivity contribution is -0.117. The third-order valence-corrected chi connectivity index (χ3v) is 3.37. The van der Waals surface area contributed by atoms with E-state index in [9.17, 15) is 9.18 Å². The van der Waals surface area contributed by atoms with Gasteiger partial charge < -0.3 is 0 Å². The summed E-state index contributed by atoms with van der Waals surface area (Å²) in [5.74, 6) is -0.316. The van der Waals surface area contributed by atoms with Crippen LogP contribution in [0.5, 0.6) is 0 Å². The second-order valence-electron chi connectivity index (χ2n) is 4.62. The maximum Gasteiger partial charge on any atom is 0.141 e. The van der Waals surface area contributed by atoms with Gasteiger partial charge in [0.05, 0.1) is 0 Å².